The monoisotopic (exact) mass is 282 g/mol. The molecule has 1 atom stereocenters. The molecule has 1 N–H and O–H groups in total. The van der Waals surface area contributed by atoms with Crippen molar-refractivity contribution in [2.45, 2.75) is 52.6 Å². The molecule has 1 nitrogen and oxygen atoms in total. The Kier molecular flexibility index (Phi) is 4.79. The molecule has 1 aromatic rings. The molecular weight excluding hydrogens is 258 g/mol. The summed E-state index contributed by atoms with van der Waals surface area (Å²) in [5, 5.41) is 10.4. The van der Waals surface area contributed by atoms with E-state index in [0.29, 0.717) is 11.8 Å². The molecule has 0 aromatic heterocycles. The van der Waals surface area contributed by atoms with E-state index in [1.165, 1.54) is 19.1 Å². The Bertz CT molecular complexity index is 462. The predicted molar refractivity (Wildman–Crippen MR) is 76.3 cm³/mol. The van der Waals surface area contributed by atoms with Gasteiger partial charge in [0.2, 0.25) is 0 Å². The number of aryl methyl sites for hydroxylation is 1. The van der Waals surface area contributed by atoms with Gasteiger partial charge in [-0.3, -0.25) is 0 Å². The summed E-state index contributed by atoms with van der Waals surface area (Å²) in [6, 6.07) is 3.06. The minimum atomic E-state index is -0.891. The van der Waals surface area contributed by atoms with Crippen LogP contribution in [0.5, 0.6) is 0 Å². The average molecular weight is 282 g/mol. The molecule has 0 radical (unpaired) electrons. The molecule has 0 bridgehead atoms. The van der Waals surface area contributed by atoms with Crippen molar-refractivity contribution in [1.29, 1.82) is 0 Å². The van der Waals surface area contributed by atoms with Crippen LogP contribution in [0.2, 0.25) is 0 Å². The first-order valence-electron chi connectivity index (χ1n) is 7.54. The standard InChI is InChI=1S/C17H24F2O/c1-10(2)12-5-7-13(8-6-12)17(20)14-9-4-11(3)15(18)16(14)19/h4,9-10,12-13,17,20H,5-8H2,1-3H3. The number of aliphatic hydroxyl groups excluding tert-OH is 1. The normalized spacial score (nSPS) is 24.9. The number of hydrogen-bond acceptors (Lipinski definition) is 1. The summed E-state index contributed by atoms with van der Waals surface area (Å²) in [6.45, 7) is 5.97. The Hall–Kier alpha value is -0.960. The van der Waals surface area contributed by atoms with Gasteiger partial charge in [-0.25, -0.2) is 8.78 Å². The van der Waals surface area contributed by atoms with E-state index in [-0.39, 0.29) is 17.0 Å². The van der Waals surface area contributed by atoms with E-state index in [0.717, 1.165) is 25.7 Å². The third kappa shape index (κ3) is 3.03. The van der Waals surface area contributed by atoms with E-state index >= 15 is 0 Å². The Labute approximate surface area is 120 Å². The van der Waals surface area contributed by atoms with Gasteiger partial charge in [0.15, 0.2) is 11.6 Å². The minimum absolute atomic E-state index is 0.0432. The SMILES string of the molecule is Cc1ccc(C(O)C2CCC(C(C)C)CC2)c(F)c1F. The highest BCUT2D eigenvalue weighted by molar-refractivity contribution is 5.27. The molecule has 20 heavy (non-hydrogen) atoms. The lowest BCUT2D eigenvalue weighted by molar-refractivity contribution is 0.0636. The van der Waals surface area contributed by atoms with Crippen molar-refractivity contribution >= 4 is 0 Å². The van der Waals surface area contributed by atoms with Crippen LogP contribution in [0.4, 0.5) is 8.78 Å². The van der Waals surface area contributed by atoms with Crippen molar-refractivity contribution in [3.63, 3.8) is 0 Å². The van der Waals surface area contributed by atoms with Crippen LogP contribution in [0.3, 0.4) is 0 Å². The average Bonchev–Trinajstić information content (AvgIpc) is 2.44. The molecule has 1 aliphatic carbocycles. The van der Waals surface area contributed by atoms with Crippen molar-refractivity contribution in [3.8, 4) is 0 Å². The van der Waals surface area contributed by atoms with Crippen LogP contribution >= 0.6 is 0 Å². The van der Waals surface area contributed by atoms with E-state index in [1.54, 1.807) is 0 Å². The summed E-state index contributed by atoms with van der Waals surface area (Å²) in [5.74, 6) is -0.331. The Balaban J connectivity index is 2.09. The fourth-order valence-corrected chi connectivity index (χ4v) is 3.27. The van der Waals surface area contributed by atoms with Crippen LogP contribution in [-0.2, 0) is 0 Å². The molecule has 0 heterocycles. The number of benzene rings is 1. The first-order valence-corrected chi connectivity index (χ1v) is 7.54. The molecule has 2 rings (SSSR count). The van der Waals surface area contributed by atoms with Crippen molar-refractivity contribution in [3.05, 3.63) is 34.9 Å². The van der Waals surface area contributed by atoms with Crippen molar-refractivity contribution in [2.75, 3.05) is 0 Å². The highest BCUT2D eigenvalue weighted by Crippen LogP contribution is 2.40. The second kappa shape index (κ2) is 6.21. The summed E-state index contributed by atoms with van der Waals surface area (Å²) < 4.78 is 27.5. The molecule has 1 aliphatic rings. The van der Waals surface area contributed by atoms with Crippen LogP contribution in [-0.4, -0.2) is 5.11 Å². The highest BCUT2D eigenvalue weighted by Gasteiger charge is 2.30. The molecule has 0 spiro atoms. The summed E-state index contributed by atoms with van der Waals surface area (Å²) in [4.78, 5) is 0. The van der Waals surface area contributed by atoms with Gasteiger partial charge in [-0.1, -0.05) is 26.0 Å². The molecule has 1 unspecified atom stereocenters. The van der Waals surface area contributed by atoms with Crippen molar-refractivity contribution < 1.29 is 13.9 Å². The molecule has 112 valence electrons. The molecule has 0 saturated heterocycles. The molecule has 1 aromatic carbocycles. The number of aliphatic hydroxyl groups is 1. The first kappa shape index (κ1) is 15.4. The van der Waals surface area contributed by atoms with Gasteiger partial charge in [0.1, 0.15) is 0 Å². The summed E-state index contributed by atoms with van der Waals surface area (Å²) in [7, 11) is 0. The fraction of sp³-hybridized carbons (Fsp3) is 0.647. The maximum absolute atomic E-state index is 13.9. The second-order valence-corrected chi connectivity index (χ2v) is 6.46. The third-order valence-electron chi connectivity index (χ3n) is 4.83. The molecule has 0 amide bonds. The van der Waals surface area contributed by atoms with Crippen LogP contribution in [0.25, 0.3) is 0 Å². The van der Waals surface area contributed by atoms with E-state index in [1.807, 2.05) is 0 Å². The smallest absolute Gasteiger partial charge is 0.164 e. The van der Waals surface area contributed by atoms with Crippen molar-refractivity contribution in [1.82, 2.24) is 0 Å². The summed E-state index contributed by atoms with van der Waals surface area (Å²) in [6.07, 6.45) is 3.01. The maximum Gasteiger partial charge on any atom is 0.164 e. The topological polar surface area (TPSA) is 20.2 Å². The van der Waals surface area contributed by atoms with Gasteiger partial charge in [0.05, 0.1) is 6.10 Å². The second-order valence-electron chi connectivity index (χ2n) is 6.46. The Morgan fingerprint density at radius 3 is 2.10 bits per heavy atom. The lowest BCUT2D eigenvalue weighted by Crippen LogP contribution is -2.23. The van der Waals surface area contributed by atoms with Crippen LogP contribution in [0, 0.1) is 36.3 Å². The van der Waals surface area contributed by atoms with Gasteiger partial charge in [-0.15, -0.1) is 0 Å². The quantitative estimate of drug-likeness (QED) is 0.846. The van der Waals surface area contributed by atoms with E-state index in [9.17, 15) is 13.9 Å². The Morgan fingerprint density at radius 2 is 1.55 bits per heavy atom. The summed E-state index contributed by atoms with van der Waals surface area (Å²) >= 11 is 0. The molecular formula is C17H24F2O. The molecule has 3 heteroatoms. The molecule has 0 aliphatic heterocycles. The minimum Gasteiger partial charge on any atom is -0.388 e. The van der Waals surface area contributed by atoms with E-state index in [4.69, 9.17) is 0 Å². The fourth-order valence-electron chi connectivity index (χ4n) is 3.27. The van der Waals surface area contributed by atoms with Gasteiger partial charge in [-0.2, -0.15) is 0 Å². The first-order chi connectivity index (χ1) is 9.41. The van der Waals surface area contributed by atoms with Gasteiger partial charge in [0.25, 0.3) is 0 Å². The lowest BCUT2D eigenvalue weighted by Gasteiger charge is -2.33. The van der Waals surface area contributed by atoms with Crippen LogP contribution in [0.1, 0.15) is 56.8 Å². The largest absolute Gasteiger partial charge is 0.388 e. The van der Waals surface area contributed by atoms with Gasteiger partial charge in [0, 0.05) is 5.56 Å². The zero-order valence-electron chi connectivity index (χ0n) is 12.5. The highest BCUT2D eigenvalue weighted by atomic mass is 19.2. The third-order valence-corrected chi connectivity index (χ3v) is 4.83. The van der Waals surface area contributed by atoms with Gasteiger partial charge < -0.3 is 5.11 Å². The number of rotatable bonds is 3. The summed E-state index contributed by atoms with van der Waals surface area (Å²) in [5.41, 5.74) is 0.392. The predicted octanol–water partition coefficient (Wildman–Crippen LogP) is 4.77. The van der Waals surface area contributed by atoms with Gasteiger partial charge in [-0.05, 0) is 55.9 Å². The maximum atomic E-state index is 13.9. The zero-order valence-corrected chi connectivity index (χ0v) is 12.5. The van der Waals surface area contributed by atoms with Crippen molar-refractivity contribution in [2.24, 2.45) is 17.8 Å². The van der Waals surface area contributed by atoms with Crippen LogP contribution < -0.4 is 0 Å². The number of halogens is 2. The lowest BCUT2D eigenvalue weighted by atomic mass is 9.74. The zero-order chi connectivity index (χ0) is 14.9. The van der Waals surface area contributed by atoms with Gasteiger partial charge >= 0.3 is 0 Å². The Morgan fingerprint density at radius 1 is 1.00 bits per heavy atom. The number of hydrogen-bond donors (Lipinski definition) is 1. The van der Waals surface area contributed by atoms with E-state index in [2.05, 4.69) is 13.8 Å². The molecule has 1 saturated carbocycles. The van der Waals surface area contributed by atoms with Crippen LogP contribution in [0.15, 0.2) is 12.1 Å². The van der Waals surface area contributed by atoms with E-state index < -0.39 is 17.7 Å². The molecule has 1 fully saturated rings.